The Balaban J connectivity index is 2.17. The smallest absolute Gasteiger partial charge is 0.304 e. The Kier molecular flexibility index (Phi) is 4.14. The molecule has 0 aromatic carbocycles. The molecule has 1 saturated carbocycles. The lowest BCUT2D eigenvalue weighted by Gasteiger charge is -2.07. The molecule has 1 fully saturated rings. The molecule has 0 aliphatic heterocycles. The molecule has 1 heterocycles. The number of aliphatic carboxylic acids is 1. The number of hydrogen-bond donors (Lipinski definition) is 2. The van der Waals surface area contributed by atoms with Gasteiger partial charge in [-0.15, -0.1) is 0 Å². The molecule has 2 rings (SSSR count). The van der Waals surface area contributed by atoms with Crippen molar-refractivity contribution in [1.29, 1.82) is 0 Å². The molecule has 0 bridgehead atoms. The van der Waals surface area contributed by atoms with E-state index < -0.39 is 16.0 Å². The molecule has 0 atom stereocenters. The standard InChI is InChI=1S/C12H19N3O4S/c1-8-12(20(18,19)13-6-5-11(16)17)9(2)15(14-8)7-10-3-4-10/h10,13H,3-7H2,1-2H3,(H,16,17). The molecule has 8 heteroatoms. The summed E-state index contributed by atoms with van der Waals surface area (Å²) in [4.78, 5) is 10.6. The molecular formula is C12H19N3O4S. The van der Waals surface area contributed by atoms with Crippen LogP contribution in [0.25, 0.3) is 0 Å². The van der Waals surface area contributed by atoms with Gasteiger partial charge in [0.25, 0.3) is 0 Å². The molecule has 7 nitrogen and oxygen atoms in total. The van der Waals surface area contributed by atoms with E-state index in [0.29, 0.717) is 17.3 Å². The van der Waals surface area contributed by atoms with Gasteiger partial charge in [-0.1, -0.05) is 0 Å². The van der Waals surface area contributed by atoms with E-state index in [1.165, 1.54) is 0 Å². The second-order valence-electron chi connectivity index (χ2n) is 5.17. The van der Waals surface area contributed by atoms with Gasteiger partial charge in [0.1, 0.15) is 4.90 Å². The first-order valence-corrected chi connectivity index (χ1v) is 8.05. The molecule has 20 heavy (non-hydrogen) atoms. The first-order valence-electron chi connectivity index (χ1n) is 6.56. The molecule has 112 valence electrons. The third-order valence-corrected chi connectivity index (χ3v) is 5.06. The maximum atomic E-state index is 12.2. The van der Waals surface area contributed by atoms with Gasteiger partial charge < -0.3 is 5.11 Å². The Bertz CT molecular complexity index is 617. The Morgan fingerprint density at radius 3 is 2.65 bits per heavy atom. The number of nitrogens with zero attached hydrogens (tertiary/aromatic N) is 2. The molecule has 0 radical (unpaired) electrons. The first-order chi connectivity index (χ1) is 9.31. The van der Waals surface area contributed by atoms with Crippen molar-refractivity contribution in [2.75, 3.05) is 6.54 Å². The fourth-order valence-corrected chi connectivity index (χ4v) is 3.60. The zero-order chi connectivity index (χ0) is 14.9. The lowest BCUT2D eigenvalue weighted by molar-refractivity contribution is -0.136. The fraction of sp³-hybridized carbons (Fsp3) is 0.667. The third-order valence-electron chi connectivity index (χ3n) is 3.34. The van der Waals surface area contributed by atoms with Crippen LogP contribution in [0.3, 0.4) is 0 Å². The summed E-state index contributed by atoms with van der Waals surface area (Å²) in [6.45, 7) is 4.01. The Morgan fingerprint density at radius 1 is 1.45 bits per heavy atom. The summed E-state index contributed by atoms with van der Waals surface area (Å²) < 4.78 is 28.5. The summed E-state index contributed by atoms with van der Waals surface area (Å²) in [5.74, 6) is -0.436. The normalized spacial score (nSPS) is 15.5. The number of carbonyl (C=O) groups is 1. The van der Waals surface area contributed by atoms with Gasteiger partial charge in [0, 0.05) is 13.1 Å². The van der Waals surface area contributed by atoms with Crippen molar-refractivity contribution in [2.45, 2.75) is 44.6 Å². The lowest BCUT2D eigenvalue weighted by atomic mass is 10.4. The lowest BCUT2D eigenvalue weighted by Crippen LogP contribution is -2.27. The predicted molar refractivity (Wildman–Crippen MR) is 71.9 cm³/mol. The topological polar surface area (TPSA) is 101 Å². The Labute approximate surface area is 118 Å². The number of aromatic nitrogens is 2. The van der Waals surface area contributed by atoms with Gasteiger partial charge in [-0.2, -0.15) is 5.10 Å². The molecule has 2 N–H and O–H groups in total. The quantitative estimate of drug-likeness (QED) is 0.770. The van der Waals surface area contributed by atoms with E-state index in [2.05, 4.69) is 9.82 Å². The van der Waals surface area contributed by atoms with Crippen LogP contribution < -0.4 is 4.72 Å². The summed E-state index contributed by atoms with van der Waals surface area (Å²) in [5, 5.41) is 12.8. The van der Waals surface area contributed by atoms with Crippen molar-refractivity contribution in [3.8, 4) is 0 Å². The van der Waals surface area contributed by atoms with E-state index >= 15 is 0 Å². The zero-order valence-electron chi connectivity index (χ0n) is 11.6. The van der Waals surface area contributed by atoms with Gasteiger partial charge in [0.2, 0.25) is 10.0 Å². The SMILES string of the molecule is Cc1nn(CC2CC2)c(C)c1S(=O)(=O)NCCC(=O)O. The van der Waals surface area contributed by atoms with Crippen LogP contribution in [0.2, 0.25) is 0 Å². The van der Waals surface area contributed by atoms with Crippen LogP contribution in [0.1, 0.15) is 30.7 Å². The van der Waals surface area contributed by atoms with Crippen molar-refractivity contribution in [1.82, 2.24) is 14.5 Å². The maximum Gasteiger partial charge on any atom is 0.304 e. The summed E-state index contributed by atoms with van der Waals surface area (Å²) in [6, 6.07) is 0. The minimum Gasteiger partial charge on any atom is -0.481 e. The molecule has 1 aromatic rings. The van der Waals surface area contributed by atoms with Crippen molar-refractivity contribution < 1.29 is 18.3 Å². The number of rotatable bonds is 7. The molecule has 1 aromatic heterocycles. The van der Waals surface area contributed by atoms with Gasteiger partial charge in [0.05, 0.1) is 17.8 Å². The van der Waals surface area contributed by atoms with Crippen LogP contribution in [0.4, 0.5) is 0 Å². The average molecular weight is 301 g/mol. The van der Waals surface area contributed by atoms with Gasteiger partial charge in [-0.3, -0.25) is 9.48 Å². The van der Waals surface area contributed by atoms with Crippen LogP contribution in [0, 0.1) is 19.8 Å². The van der Waals surface area contributed by atoms with Crippen LogP contribution in [0.5, 0.6) is 0 Å². The van der Waals surface area contributed by atoms with Crippen molar-refractivity contribution in [3.63, 3.8) is 0 Å². The molecule has 0 spiro atoms. The minimum atomic E-state index is -3.71. The van der Waals surface area contributed by atoms with Gasteiger partial charge in [-0.25, -0.2) is 13.1 Å². The average Bonchev–Trinajstić information content (AvgIpc) is 3.05. The molecule has 0 saturated heterocycles. The molecule has 0 unspecified atom stereocenters. The predicted octanol–water partition coefficient (Wildman–Crippen LogP) is 0.663. The molecule has 1 aliphatic carbocycles. The summed E-state index contributed by atoms with van der Waals surface area (Å²) >= 11 is 0. The van der Waals surface area contributed by atoms with E-state index in [1.54, 1.807) is 18.5 Å². The minimum absolute atomic E-state index is 0.121. The number of aryl methyl sites for hydroxylation is 1. The highest BCUT2D eigenvalue weighted by Crippen LogP contribution is 2.31. The largest absolute Gasteiger partial charge is 0.481 e. The second-order valence-corrected chi connectivity index (χ2v) is 6.87. The number of sulfonamides is 1. The van der Waals surface area contributed by atoms with Crippen LogP contribution in [0.15, 0.2) is 4.90 Å². The van der Waals surface area contributed by atoms with Gasteiger partial charge >= 0.3 is 5.97 Å². The zero-order valence-corrected chi connectivity index (χ0v) is 12.4. The number of carboxylic acid groups (broad SMARTS) is 1. The molecular weight excluding hydrogens is 282 g/mol. The van der Waals surface area contributed by atoms with Crippen LogP contribution in [-0.2, 0) is 21.4 Å². The van der Waals surface area contributed by atoms with E-state index in [4.69, 9.17) is 5.11 Å². The van der Waals surface area contributed by atoms with Crippen molar-refractivity contribution >= 4 is 16.0 Å². The summed E-state index contributed by atoms with van der Waals surface area (Å²) in [7, 11) is -3.71. The fourth-order valence-electron chi connectivity index (χ4n) is 2.16. The summed E-state index contributed by atoms with van der Waals surface area (Å²) in [5.41, 5.74) is 1.06. The highest BCUT2D eigenvalue weighted by atomic mass is 32.2. The van der Waals surface area contributed by atoms with E-state index in [9.17, 15) is 13.2 Å². The second kappa shape index (κ2) is 5.53. The molecule has 0 amide bonds. The van der Waals surface area contributed by atoms with Gasteiger partial charge in [-0.05, 0) is 32.6 Å². The highest BCUT2D eigenvalue weighted by molar-refractivity contribution is 7.89. The first kappa shape index (κ1) is 15.0. The van der Waals surface area contributed by atoms with Crippen LogP contribution >= 0.6 is 0 Å². The number of carboxylic acids is 1. The molecule has 1 aliphatic rings. The third kappa shape index (κ3) is 3.37. The van der Waals surface area contributed by atoms with E-state index in [0.717, 1.165) is 19.4 Å². The van der Waals surface area contributed by atoms with Crippen molar-refractivity contribution in [3.05, 3.63) is 11.4 Å². The monoisotopic (exact) mass is 301 g/mol. The number of nitrogens with one attached hydrogen (secondary N) is 1. The number of hydrogen-bond acceptors (Lipinski definition) is 4. The highest BCUT2D eigenvalue weighted by Gasteiger charge is 2.28. The van der Waals surface area contributed by atoms with E-state index in [1.807, 2.05) is 0 Å². The Hall–Kier alpha value is -1.41. The maximum absolute atomic E-state index is 12.2. The van der Waals surface area contributed by atoms with Crippen molar-refractivity contribution in [2.24, 2.45) is 5.92 Å². The summed E-state index contributed by atoms with van der Waals surface area (Å²) in [6.07, 6.45) is 2.09. The van der Waals surface area contributed by atoms with Gasteiger partial charge in [0.15, 0.2) is 0 Å². The van der Waals surface area contributed by atoms with Crippen LogP contribution in [-0.4, -0.2) is 35.8 Å². The Morgan fingerprint density at radius 2 is 2.10 bits per heavy atom. The van der Waals surface area contributed by atoms with E-state index in [-0.39, 0.29) is 17.9 Å².